The van der Waals surface area contributed by atoms with E-state index >= 15 is 0 Å². The molecule has 3 aromatic rings. The van der Waals surface area contributed by atoms with Crippen LogP contribution in [0.2, 0.25) is 0 Å². The van der Waals surface area contributed by atoms with Gasteiger partial charge in [-0.2, -0.15) is 10.2 Å². The zero-order chi connectivity index (χ0) is 15.9. The van der Waals surface area contributed by atoms with Gasteiger partial charge in [0.15, 0.2) is 5.58 Å². The third-order valence-electron chi connectivity index (χ3n) is 3.80. The van der Waals surface area contributed by atoms with E-state index in [4.69, 9.17) is 8.83 Å². The number of rotatable bonds is 3. The molecule has 0 atom stereocenters. The second kappa shape index (κ2) is 5.23. The Balaban J connectivity index is 1.98. The van der Waals surface area contributed by atoms with Crippen molar-refractivity contribution in [3.63, 3.8) is 0 Å². The van der Waals surface area contributed by atoms with Gasteiger partial charge in [-0.3, -0.25) is 5.32 Å². The van der Waals surface area contributed by atoms with Gasteiger partial charge in [-0.05, 0) is 37.5 Å². The Morgan fingerprint density at radius 1 is 1.23 bits per heavy atom. The largest absolute Gasteiger partial charge is 0.444 e. The van der Waals surface area contributed by atoms with Crippen molar-refractivity contribution in [2.24, 2.45) is 0 Å². The molecule has 0 aliphatic heterocycles. The lowest BCUT2D eigenvalue weighted by Crippen LogP contribution is -1.91. The van der Waals surface area contributed by atoms with Gasteiger partial charge in [0, 0.05) is 5.56 Å². The number of nitrogens with zero attached hydrogens (tertiary/aromatic N) is 2. The van der Waals surface area contributed by atoms with Crippen molar-refractivity contribution in [3.8, 4) is 6.07 Å². The Kier molecular flexibility index (Phi) is 3.38. The van der Waals surface area contributed by atoms with Crippen molar-refractivity contribution in [2.45, 2.75) is 33.6 Å². The summed E-state index contributed by atoms with van der Waals surface area (Å²) in [7, 11) is 0. The van der Waals surface area contributed by atoms with E-state index in [9.17, 15) is 5.26 Å². The number of nitriles is 1. The fourth-order valence-electron chi connectivity index (χ4n) is 2.30. The average Bonchev–Trinajstić information content (AvgIpc) is 2.99. The quantitative estimate of drug-likeness (QED) is 0.752. The van der Waals surface area contributed by atoms with Crippen LogP contribution < -0.4 is 5.32 Å². The van der Waals surface area contributed by atoms with Crippen molar-refractivity contribution in [3.05, 3.63) is 40.6 Å². The van der Waals surface area contributed by atoms with E-state index in [0.717, 1.165) is 11.1 Å². The third kappa shape index (κ3) is 2.33. The van der Waals surface area contributed by atoms with E-state index in [1.165, 1.54) is 5.56 Å². The number of aromatic nitrogens is 1. The Labute approximate surface area is 128 Å². The van der Waals surface area contributed by atoms with Crippen LogP contribution in [-0.4, -0.2) is 4.98 Å². The molecule has 5 nitrogen and oxygen atoms in total. The first-order valence-corrected chi connectivity index (χ1v) is 7.17. The van der Waals surface area contributed by atoms with Gasteiger partial charge < -0.3 is 8.83 Å². The maximum atomic E-state index is 9.23. The van der Waals surface area contributed by atoms with Gasteiger partial charge in [-0.15, -0.1) is 0 Å². The molecule has 0 unspecified atom stereocenters. The zero-order valence-corrected chi connectivity index (χ0v) is 13.0. The third-order valence-corrected chi connectivity index (χ3v) is 3.80. The topological polar surface area (TPSA) is 75.0 Å². The van der Waals surface area contributed by atoms with Crippen LogP contribution in [0.25, 0.3) is 11.1 Å². The molecule has 22 heavy (non-hydrogen) atoms. The molecule has 112 valence electrons. The van der Waals surface area contributed by atoms with Crippen molar-refractivity contribution in [1.29, 1.82) is 5.26 Å². The monoisotopic (exact) mass is 295 g/mol. The smallest absolute Gasteiger partial charge is 0.302 e. The number of oxazole rings is 1. The first-order chi connectivity index (χ1) is 10.5. The number of furan rings is 1. The standard InChI is InChI=1S/C17H17N3O2/c1-9(2)12-5-6-15-14(7-12)19-17(22-15)20-16-13(8-18)10(3)11(4)21-16/h5-7,9H,1-4H3,(H,19,20). The lowest BCUT2D eigenvalue weighted by Gasteiger charge is -2.02. The summed E-state index contributed by atoms with van der Waals surface area (Å²) in [5, 5.41) is 12.2. The molecule has 0 saturated carbocycles. The van der Waals surface area contributed by atoms with Gasteiger partial charge in [-0.25, -0.2) is 0 Å². The minimum Gasteiger partial charge on any atom is -0.444 e. The molecule has 0 fully saturated rings. The number of aryl methyl sites for hydroxylation is 1. The van der Waals surface area contributed by atoms with E-state index in [1.807, 2.05) is 32.0 Å². The predicted molar refractivity (Wildman–Crippen MR) is 84.3 cm³/mol. The van der Waals surface area contributed by atoms with Crippen molar-refractivity contribution in [2.75, 3.05) is 5.32 Å². The SMILES string of the molecule is Cc1oc(Nc2nc3cc(C(C)C)ccc3o2)c(C#N)c1C. The van der Waals surface area contributed by atoms with Gasteiger partial charge >= 0.3 is 6.01 Å². The maximum Gasteiger partial charge on any atom is 0.302 e. The summed E-state index contributed by atoms with van der Waals surface area (Å²) < 4.78 is 11.2. The fourth-order valence-corrected chi connectivity index (χ4v) is 2.30. The number of hydrogen-bond donors (Lipinski definition) is 1. The lowest BCUT2D eigenvalue weighted by atomic mass is 10.0. The lowest BCUT2D eigenvalue weighted by molar-refractivity contribution is 0.540. The first kappa shape index (κ1) is 14.2. The van der Waals surface area contributed by atoms with Crippen LogP contribution in [0, 0.1) is 25.2 Å². The van der Waals surface area contributed by atoms with Crippen LogP contribution in [-0.2, 0) is 0 Å². The molecule has 0 radical (unpaired) electrons. The minimum atomic E-state index is 0.321. The van der Waals surface area contributed by atoms with Crippen LogP contribution in [0.4, 0.5) is 11.9 Å². The Morgan fingerprint density at radius 2 is 2.00 bits per heavy atom. The van der Waals surface area contributed by atoms with E-state index in [2.05, 4.69) is 30.2 Å². The molecular weight excluding hydrogens is 278 g/mol. The summed E-state index contributed by atoms with van der Waals surface area (Å²) in [6.07, 6.45) is 0. The van der Waals surface area contributed by atoms with Crippen molar-refractivity contribution >= 4 is 23.0 Å². The molecule has 0 aliphatic rings. The molecule has 0 spiro atoms. The molecule has 1 N–H and O–H groups in total. The molecule has 0 saturated heterocycles. The zero-order valence-electron chi connectivity index (χ0n) is 13.0. The van der Waals surface area contributed by atoms with Gasteiger partial charge in [0.25, 0.3) is 0 Å². The summed E-state index contributed by atoms with van der Waals surface area (Å²) >= 11 is 0. The molecule has 0 amide bonds. The van der Waals surface area contributed by atoms with Crippen LogP contribution in [0.3, 0.4) is 0 Å². The van der Waals surface area contributed by atoms with Crippen LogP contribution in [0.5, 0.6) is 0 Å². The molecule has 5 heteroatoms. The number of fused-ring (bicyclic) bond motifs is 1. The highest BCUT2D eigenvalue weighted by molar-refractivity contribution is 5.76. The Bertz CT molecular complexity index is 881. The molecule has 2 aromatic heterocycles. The number of anilines is 2. The summed E-state index contributed by atoms with van der Waals surface area (Å²) in [4.78, 5) is 4.42. The normalized spacial score (nSPS) is 11.1. The molecule has 3 rings (SSSR count). The van der Waals surface area contributed by atoms with Crippen molar-refractivity contribution < 1.29 is 8.83 Å². The number of benzene rings is 1. The van der Waals surface area contributed by atoms with E-state index in [1.54, 1.807) is 0 Å². The molecule has 2 heterocycles. The molecule has 0 bridgehead atoms. The van der Waals surface area contributed by atoms with Crippen molar-refractivity contribution in [1.82, 2.24) is 4.98 Å². The summed E-state index contributed by atoms with van der Waals surface area (Å²) in [6, 6.07) is 8.41. The molecule has 1 aromatic carbocycles. The van der Waals surface area contributed by atoms with Gasteiger partial charge in [-0.1, -0.05) is 19.9 Å². The minimum absolute atomic E-state index is 0.321. The number of hydrogen-bond acceptors (Lipinski definition) is 5. The highest BCUT2D eigenvalue weighted by Crippen LogP contribution is 2.30. The summed E-state index contributed by atoms with van der Waals surface area (Å²) in [6.45, 7) is 7.94. The first-order valence-electron chi connectivity index (χ1n) is 7.17. The van der Waals surface area contributed by atoms with Crippen LogP contribution >= 0.6 is 0 Å². The van der Waals surface area contributed by atoms with E-state index in [0.29, 0.717) is 34.7 Å². The van der Waals surface area contributed by atoms with Crippen LogP contribution in [0.15, 0.2) is 27.0 Å². The highest BCUT2D eigenvalue weighted by Gasteiger charge is 2.17. The average molecular weight is 295 g/mol. The van der Waals surface area contributed by atoms with Gasteiger partial charge in [0.1, 0.15) is 22.9 Å². The van der Waals surface area contributed by atoms with Gasteiger partial charge in [0.05, 0.1) is 0 Å². The summed E-state index contributed by atoms with van der Waals surface area (Å²) in [5.74, 6) is 1.50. The predicted octanol–water partition coefficient (Wildman–Crippen LogP) is 4.78. The second-order valence-corrected chi connectivity index (χ2v) is 5.63. The molecular formula is C17H17N3O2. The van der Waals surface area contributed by atoms with E-state index in [-0.39, 0.29) is 0 Å². The number of nitrogens with one attached hydrogen (secondary N) is 1. The fraction of sp³-hybridized carbons (Fsp3) is 0.294. The van der Waals surface area contributed by atoms with E-state index < -0.39 is 0 Å². The van der Waals surface area contributed by atoms with Crippen LogP contribution in [0.1, 0.15) is 42.2 Å². The maximum absolute atomic E-state index is 9.23. The Hall–Kier alpha value is -2.74. The highest BCUT2D eigenvalue weighted by atomic mass is 16.4. The summed E-state index contributed by atoms with van der Waals surface area (Å²) in [5.41, 5.74) is 3.98. The Morgan fingerprint density at radius 3 is 2.68 bits per heavy atom. The second-order valence-electron chi connectivity index (χ2n) is 5.63. The van der Waals surface area contributed by atoms with Gasteiger partial charge in [0.2, 0.25) is 5.88 Å². The molecule has 0 aliphatic carbocycles.